The fraction of sp³-hybridized carbons (Fsp3) is 0.0588. The summed E-state index contributed by atoms with van der Waals surface area (Å²) in [7, 11) is 0. The van der Waals surface area contributed by atoms with Crippen LogP contribution in [0.3, 0.4) is 0 Å². The van der Waals surface area contributed by atoms with Gasteiger partial charge in [0, 0.05) is 4.90 Å². The van der Waals surface area contributed by atoms with Crippen molar-refractivity contribution < 1.29 is 9.90 Å². The molecule has 2 rings (SSSR count). The minimum Gasteiger partial charge on any atom is -0.508 e. The number of benzene rings is 2. The number of hydrogen-bond donors (Lipinski definition) is 2. The molecule has 0 aliphatic rings. The summed E-state index contributed by atoms with van der Waals surface area (Å²) in [5.74, 6) is -0.328. The zero-order valence-corrected chi connectivity index (χ0v) is 12.7. The molecule has 0 radical (unpaired) electrons. The van der Waals surface area contributed by atoms with Crippen molar-refractivity contribution in [3.05, 3.63) is 59.7 Å². The number of hydrogen-bond acceptors (Lipinski definition) is 4. The molecule has 0 saturated carbocycles. The lowest BCUT2D eigenvalue weighted by atomic mass is 10.1. The van der Waals surface area contributed by atoms with Crippen molar-refractivity contribution in [2.75, 3.05) is 11.6 Å². The Bertz CT molecular complexity index is 746. The number of nitriles is 1. The third-order valence-electron chi connectivity index (χ3n) is 2.92. The van der Waals surface area contributed by atoms with E-state index in [0.717, 1.165) is 4.90 Å². The van der Waals surface area contributed by atoms with E-state index in [1.807, 2.05) is 30.5 Å². The van der Waals surface area contributed by atoms with Gasteiger partial charge in [0.2, 0.25) is 0 Å². The van der Waals surface area contributed by atoms with Crippen LogP contribution in [0.2, 0.25) is 0 Å². The molecule has 0 aliphatic heterocycles. The number of thioether (sulfide) groups is 1. The van der Waals surface area contributed by atoms with Crippen molar-refractivity contribution in [3.8, 4) is 11.8 Å². The number of phenolic OH excluding ortho intramolecular Hbond substituents is 1. The van der Waals surface area contributed by atoms with Crippen molar-refractivity contribution >= 4 is 29.4 Å². The van der Waals surface area contributed by atoms with E-state index in [2.05, 4.69) is 5.32 Å². The molecule has 0 fully saturated rings. The average Bonchev–Trinajstić information content (AvgIpc) is 2.54. The Morgan fingerprint density at radius 3 is 2.55 bits per heavy atom. The minimum atomic E-state index is -0.461. The highest BCUT2D eigenvalue weighted by Gasteiger charge is 2.11. The van der Waals surface area contributed by atoms with Gasteiger partial charge in [-0.05, 0) is 42.2 Å². The van der Waals surface area contributed by atoms with Gasteiger partial charge in [0.05, 0.1) is 5.69 Å². The summed E-state index contributed by atoms with van der Waals surface area (Å²) in [5, 5.41) is 21.2. The molecule has 5 heteroatoms. The van der Waals surface area contributed by atoms with E-state index in [0.29, 0.717) is 11.3 Å². The highest BCUT2D eigenvalue weighted by Crippen LogP contribution is 2.25. The maximum atomic E-state index is 12.2. The second-order valence-corrected chi connectivity index (χ2v) is 5.26. The predicted octanol–water partition coefficient (Wildman–Crippen LogP) is 3.66. The normalized spacial score (nSPS) is 10.8. The van der Waals surface area contributed by atoms with Crippen LogP contribution in [0.15, 0.2) is 59.0 Å². The van der Waals surface area contributed by atoms with E-state index in [1.165, 1.54) is 30.0 Å². The molecule has 0 heterocycles. The van der Waals surface area contributed by atoms with Crippen LogP contribution in [0.25, 0.3) is 6.08 Å². The van der Waals surface area contributed by atoms with Crippen LogP contribution in [-0.4, -0.2) is 17.3 Å². The fourth-order valence-electron chi connectivity index (χ4n) is 1.82. The van der Waals surface area contributed by atoms with Gasteiger partial charge in [-0.2, -0.15) is 5.26 Å². The summed E-state index contributed by atoms with van der Waals surface area (Å²) < 4.78 is 0. The number of phenols is 1. The van der Waals surface area contributed by atoms with Crippen LogP contribution in [-0.2, 0) is 4.79 Å². The summed E-state index contributed by atoms with van der Waals surface area (Å²) in [6.45, 7) is 0. The van der Waals surface area contributed by atoms with Crippen LogP contribution in [0.1, 0.15) is 5.56 Å². The Morgan fingerprint density at radius 2 is 1.91 bits per heavy atom. The number of rotatable bonds is 4. The van der Waals surface area contributed by atoms with Crippen LogP contribution in [0, 0.1) is 11.3 Å². The number of carbonyl (C=O) groups excluding carboxylic acids is 1. The van der Waals surface area contributed by atoms with E-state index >= 15 is 0 Å². The van der Waals surface area contributed by atoms with Crippen LogP contribution in [0.5, 0.6) is 5.75 Å². The van der Waals surface area contributed by atoms with Gasteiger partial charge in [-0.15, -0.1) is 11.8 Å². The van der Waals surface area contributed by atoms with Gasteiger partial charge >= 0.3 is 0 Å². The topological polar surface area (TPSA) is 73.1 Å². The first-order chi connectivity index (χ1) is 10.6. The molecule has 0 saturated heterocycles. The smallest absolute Gasteiger partial charge is 0.266 e. The highest BCUT2D eigenvalue weighted by atomic mass is 32.2. The number of amides is 1. The number of para-hydroxylation sites is 1. The molecule has 2 aromatic carbocycles. The second-order valence-electron chi connectivity index (χ2n) is 4.42. The van der Waals surface area contributed by atoms with Gasteiger partial charge < -0.3 is 10.4 Å². The van der Waals surface area contributed by atoms with Gasteiger partial charge in [-0.1, -0.05) is 24.3 Å². The van der Waals surface area contributed by atoms with Crippen molar-refractivity contribution in [2.45, 2.75) is 4.90 Å². The van der Waals surface area contributed by atoms with Crippen molar-refractivity contribution in [1.29, 1.82) is 5.26 Å². The summed E-state index contributed by atoms with van der Waals surface area (Å²) in [4.78, 5) is 13.2. The van der Waals surface area contributed by atoms with Gasteiger partial charge in [0.1, 0.15) is 17.4 Å². The first kappa shape index (κ1) is 15.7. The Hall–Kier alpha value is -2.71. The molecule has 0 aromatic heterocycles. The molecule has 0 atom stereocenters. The molecule has 0 aliphatic carbocycles. The molecule has 4 nitrogen and oxygen atoms in total. The first-order valence-electron chi connectivity index (χ1n) is 6.49. The van der Waals surface area contributed by atoms with Gasteiger partial charge in [0.25, 0.3) is 5.91 Å². The van der Waals surface area contributed by atoms with Crippen LogP contribution in [0.4, 0.5) is 5.69 Å². The Labute approximate surface area is 133 Å². The largest absolute Gasteiger partial charge is 0.508 e. The molecule has 1 amide bonds. The van der Waals surface area contributed by atoms with E-state index in [-0.39, 0.29) is 11.3 Å². The zero-order chi connectivity index (χ0) is 15.9. The summed E-state index contributed by atoms with van der Waals surface area (Å²) in [6.07, 6.45) is 3.40. The SMILES string of the molecule is CSc1ccccc1NC(=O)/C(C#N)=C/c1ccc(O)cc1. The fourth-order valence-corrected chi connectivity index (χ4v) is 2.38. The zero-order valence-electron chi connectivity index (χ0n) is 11.9. The predicted molar refractivity (Wildman–Crippen MR) is 88.5 cm³/mol. The molecular formula is C17H14N2O2S. The molecule has 2 aromatic rings. The maximum Gasteiger partial charge on any atom is 0.266 e. The molecule has 0 spiro atoms. The van der Waals surface area contributed by atoms with Gasteiger partial charge in [-0.3, -0.25) is 4.79 Å². The molecule has 0 bridgehead atoms. The highest BCUT2D eigenvalue weighted by molar-refractivity contribution is 7.98. The lowest BCUT2D eigenvalue weighted by Gasteiger charge is -2.08. The molecule has 2 N–H and O–H groups in total. The maximum absolute atomic E-state index is 12.2. The number of anilines is 1. The standard InChI is InChI=1S/C17H14N2O2S/c1-22-16-5-3-2-4-15(16)19-17(21)13(11-18)10-12-6-8-14(20)9-7-12/h2-10,20H,1H3,(H,19,21)/b13-10+. The number of carbonyl (C=O) groups is 1. The summed E-state index contributed by atoms with van der Waals surface area (Å²) in [5.41, 5.74) is 1.34. The molecule has 110 valence electrons. The van der Waals surface area contributed by atoms with E-state index in [4.69, 9.17) is 0 Å². The summed E-state index contributed by atoms with van der Waals surface area (Å²) in [6, 6.07) is 15.6. The van der Waals surface area contributed by atoms with Crippen LogP contribution >= 0.6 is 11.8 Å². The van der Waals surface area contributed by atoms with E-state index < -0.39 is 5.91 Å². The van der Waals surface area contributed by atoms with Crippen molar-refractivity contribution in [3.63, 3.8) is 0 Å². The molecular weight excluding hydrogens is 296 g/mol. The summed E-state index contributed by atoms with van der Waals surface area (Å²) >= 11 is 1.52. The molecule has 0 unspecified atom stereocenters. The number of nitrogens with one attached hydrogen (secondary N) is 1. The van der Waals surface area contributed by atoms with Crippen LogP contribution < -0.4 is 5.32 Å². The second kappa shape index (κ2) is 7.34. The minimum absolute atomic E-state index is 0.00148. The van der Waals surface area contributed by atoms with Crippen molar-refractivity contribution in [2.24, 2.45) is 0 Å². The quantitative estimate of drug-likeness (QED) is 0.513. The van der Waals surface area contributed by atoms with Crippen molar-refractivity contribution in [1.82, 2.24) is 0 Å². The number of nitrogens with zero attached hydrogens (tertiary/aromatic N) is 1. The first-order valence-corrected chi connectivity index (χ1v) is 7.71. The Kier molecular flexibility index (Phi) is 5.23. The lowest BCUT2D eigenvalue weighted by Crippen LogP contribution is -2.14. The monoisotopic (exact) mass is 310 g/mol. The Balaban J connectivity index is 2.22. The third-order valence-corrected chi connectivity index (χ3v) is 3.72. The molecule has 22 heavy (non-hydrogen) atoms. The van der Waals surface area contributed by atoms with Gasteiger partial charge in [0.15, 0.2) is 0 Å². The third kappa shape index (κ3) is 3.90. The van der Waals surface area contributed by atoms with Gasteiger partial charge in [-0.25, -0.2) is 0 Å². The number of aromatic hydroxyl groups is 1. The Morgan fingerprint density at radius 1 is 1.23 bits per heavy atom. The lowest BCUT2D eigenvalue weighted by molar-refractivity contribution is -0.112. The average molecular weight is 310 g/mol. The van der Waals surface area contributed by atoms with E-state index in [9.17, 15) is 15.2 Å². The van der Waals surface area contributed by atoms with E-state index in [1.54, 1.807) is 18.2 Å².